The van der Waals surface area contributed by atoms with Crippen LogP contribution in [-0.4, -0.2) is 27.1 Å². The van der Waals surface area contributed by atoms with Gasteiger partial charge in [-0.1, -0.05) is 37.3 Å². The fourth-order valence-corrected chi connectivity index (χ4v) is 3.69. The van der Waals surface area contributed by atoms with Crippen LogP contribution < -0.4 is 15.7 Å². The highest BCUT2D eigenvalue weighted by Gasteiger charge is 2.19. The quantitative estimate of drug-likeness (QED) is 0.500. The van der Waals surface area contributed by atoms with Crippen molar-refractivity contribution >= 4 is 17.1 Å². The van der Waals surface area contributed by atoms with E-state index in [4.69, 9.17) is 4.74 Å². The van der Waals surface area contributed by atoms with Crippen molar-refractivity contribution in [3.63, 3.8) is 0 Å². The Bertz CT molecular complexity index is 1240. The summed E-state index contributed by atoms with van der Waals surface area (Å²) in [5, 5.41) is 3.04. The molecule has 0 fully saturated rings. The summed E-state index contributed by atoms with van der Waals surface area (Å²) in [7, 11) is 1.62. The zero-order chi connectivity index (χ0) is 21.8. The molecule has 0 bridgehead atoms. The van der Waals surface area contributed by atoms with E-state index in [0.29, 0.717) is 16.9 Å². The Labute approximate surface area is 179 Å². The Kier molecular flexibility index (Phi) is 5.84. The molecule has 1 atom stereocenters. The van der Waals surface area contributed by atoms with Crippen LogP contribution in [0.5, 0.6) is 5.75 Å². The summed E-state index contributed by atoms with van der Waals surface area (Å²) in [5.41, 5.74) is 2.53. The predicted molar refractivity (Wildman–Crippen MR) is 119 cm³/mol. The van der Waals surface area contributed by atoms with Crippen LogP contribution in [0.4, 0.5) is 0 Å². The van der Waals surface area contributed by atoms with Gasteiger partial charge in [0.25, 0.3) is 0 Å². The standard InChI is InChI=1S/C24H24N4O3/c1-3-20(17-11-13-19(31-2)14-12-17)26-22(29)16-27-21-10-7-15-25-23(21)28(24(27)30)18-8-5-4-6-9-18/h4-15,20H,3,16H2,1-2H3,(H,26,29). The van der Waals surface area contributed by atoms with E-state index >= 15 is 0 Å². The Hall–Kier alpha value is -3.87. The van der Waals surface area contributed by atoms with Gasteiger partial charge in [-0.25, -0.2) is 14.3 Å². The maximum atomic E-state index is 13.2. The number of hydrogen-bond acceptors (Lipinski definition) is 4. The molecule has 1 N–H and O–H groups in total. The molecule has 0 saturated carbocycles. The first-order chi connectivity index (χ1) is 15.1. The lowest BCUT2D eigenvalue weighted by atomic mass is 10.0. The molecule has 4 rings (SSSR count). The van der Waals surface area contributed by atoms with Crippen molar-refractivity contribution in [1.29, 1.82) is 0 Å². The number of para-hydroxylation sites is 1. The number of amides is 1. The molecule has 0 aliphatic carbocycles. The number of ether oxygens (including phenoxy) is 1. The zero-order valence-electron chi connectivity index (χ0n) is 17.5. The second kappa shape index (κ2) is 8.87. The third kappa shape index (κ3) is 4.07. The largest absolute Gasteiger partial charge is 0.497 e. The molecule has 2 aromatic heterocycles. The molecule has 31 heavy (non-hydrogen) atoms. The number of carbonyl (C=O) groups excluding carboxylic acids is 1. The summed E-state index contributed by atoms with van der Waals surface area (Å²) < 4.78 is 8.20. The summed E-state index contributed by atoms with van der Waals surface area (Å²) in [4.78, 5) is 30.5. The topological polar surface area (TPSA) is 78.2 Å². The first-order valence-corrected chi connectivity index (χ1v) is 10.2. The number of nitrogens with one attached hydrogen (secondary N) is 1. The van der Waals surface area contributed by atoms with Crippen LogP contribution in [0.25, 0.3) is 16.9 Å². The van der Waals surface area contributed by atoms with E-state index in [1.807, 2.05) is 61.5 Å². The smallest absolute Gasteiger partial charge is 0.335 e. The van der Waals surface area contributed by atoms with E-state index in [9.17, 15) is 9.59 Å². The highest BCUT2D eigenvalue weighted by atomic mass is 16.5. The van der Waals surface area contributed by atoms with Crippen LogP contribution in [0, 0.1) is 0 Å². The molecular weight excluding hydrogens is 392 g/mol. The summed E-state index contributed by atoms with van der Waals surface area (Å²) in [6.07, 6.45) is 2.36. The van der Waals surface area contributed by atoms with Crippen LogP contribution in [0.3, 0.4) is 0 Å². The minimum atomic E-state index is -0.299. The van der Waals surface area contributed by atoms with Crippen molar-refractivity contribution in [1.82, 2.24) is 19.4 Å². The molecule has 0 spiro atoms. The second-order valence-corrected chi connectivity index (χ2v) is 7.19. The molecule has 2 heterocycles. The van der Waals surface area contributed by atoms with Crippen LogP contribution >= 0.6 is 0 Å². The van der Waals surface area contributed by atoms with Crippen LogP contribution in [0.2, 0.25) is 0 Å². The molecule has 0 saturated heterocycles. The summed E-state index contributed by atoms with van der Waals surface area (Å²) in [5.74, 6) is 0.526. The average molecular weight is 416 g/mol. The lowest BCUT2D eigenvalue weighted by Crippen LogP contribution is -2.35. The van der Waals surface area contributed by atoms with Gasteiger partial charge in [0.05, 0.1) is 24.4 Å². The number of carbonyl (C=O) groups is 1. The first-order valence-electron chi connectivity index (χ1n) is 10.2. The molecule has 0 radical (unpaired) electrons. The Balaban J connectivity index is 1.63. The van der Waals surface area contributed by atoms with Crippen LogP contribution in [0.1, 0.15) is 24.9 Å². The van der Waals surface area contributed by atoms with Gasteiger partial charge in [0.2, 0.25) is 5.91 Å². The third-order valence-electron chi connectivity index (χ3n) is 5.27. The van der Waals surface area contributed by atoms with Gasteiger partial charge in [-0.15, -0.1) is 0 Å². The van der Waals surface area contributed by atoms with Crippen molar-refractivity contribution in [3.8, 4) is 11.4 Å². The summed E-state index contributed by atoms with van der Waals surface area (Å²) in [6, 6.07) is 20.3. The number of rotatable bonds is 7. The van der Waals surface area contributed by atoms with Gasteiger partial charge in [-0.2, -0.15) is 0 Å². The van der Waals surface area contributed by atoms with Gasteiger partial charge in [-0.05, 0) is 48.4 Å². The number of methoxy groups -OCH3 is 1. The Morgan fingerprint density at radius 1 is 1.06 bits per heavy atom. The van der Waals surface area contributed by atoms with Crippen molar-refractivity contribution in [3.05, 3.63) is 89.0 Å². The number of nitrogens with zero attached hydrogens (tertiary/aromatic N) is 3. The third-order valence-corrected chi connectivity index (χ3v) is 5.27. The van der Waals surface area contributed by atoms with E-state index in [2.05, 4.69) is 10.3 Å². The lowest BCUT2D eigenvalue weighted by molar-refractivity contribution is -0.122. The van der Waals surface area contributed by atoms with Crippen LogP contribution in [-0.2, 0) is 11.3 Å². The highest BCUT2D eigenvalue weighted by molar-refractivity contribution is 5.80. The molecule has 1 amide bonds. The van der Waals surface area contributed by atoms with Crippen molar-refractivity contribution in [2.75, 3.05) is 7.11 Å². The molecule has 2 aromatic carbocycles. The maximum Gasteiger partial charge on any atom is 0.335 e. The number of aromatic nitrogens is 3. The molecule has 7 nitrogen and oxygen atoms in total. The monoisotopic (exact) mass is 416 g/mol. The van der Waals surface area contributed by atoms with E-state index in [0.717, 1.165) is 17.7 Å². The van der Waals surface area contributed by atoms with Gasteiger partial charge in [0.15, 0.2) is 5.65 Å². The number of fused-ring (bicyclic) bond motifs is 1. The average Bonchev–Trinajstić information content (AvgIpc) is 3.09. The number of imidazole rings is 1. The van der Waals surface area contributed by atoms with Gasteiger partial charge in [0.1, 0.15) is 12.3 Å². The Morgan fingerprint density at radius 3 is 2.48 bits per heavy atom. The fourth-order valence-electron chi connectivity index (χ4n) is 3.69. The molecule has 158 valence electrons. The maximum absolute atomic E-state index is 13.2. The lowest BCUT2D eigenvalue weighted by Gasteiger charge is -2.18. The number of pyridine rings is 1. The van der Waals surface area contributed by atoms with Crippen molar-refractivity contribution < 1.29 is 9.53 Å². The minimum Gasteiger partial charge on any atom is -0.497 e. The number of hydrogen-bond donors (Lipinski definition) is 1. The second-order valence-electron chi connectivity index (χ2n) is 7.19. The van der Waals surface area contributed by atoms with Gasteiger partial charge in [-0.3, -0.25) is 9.36 Å². The van der Waals surface area contributed by atoms with E-state index < -0.39 is 0 Å². The number of benzene rings is 2. The molecule has 7 heteroatoms. The van der Waals surface area contributed by atoms with Gasteiger partial charge in [0, 0.05) is 6.20 Å². The normalized spacial score (nSPS) is 11.9. The van der Waals surface area contributed by atoms with Crippen molar-refractivity contribution in [2.24, 2.45) is 0 Å². The van der Waals surface area contributed by atoms with E-state index in [1.54, 1.807) is 25.4 Å². The summed E-state index contributed by atoms with van der Waals surface area (Å²) >= 11 is 0. The van der Waals surface area contributed by atoms with Gasteiger partial charge >= 0.3 is 5.69 Å². The predicted octanol–water partition coefficient (Wildman–Crippen LogP) is 3.46. The molecular formula is C24H24N4O3. The molecule has 1 unspecified atom stereocenters. The van der Waals surface area contributed by atoms with Crippen LogP contribution in [0.15, 0.2) is 77.7 Å². The Morgan fingerprint density at radius 2 is 1.81 bits per heavy atom. The molecule has 0 aliphatic heterocycles. The molecule has 4 aromatic rings. The van der Waals surface area contributed by atoms with Gasteiger partial charge < -0.3 is 10.1 Å². The SMILES string of the molecule is CCC(NC(=O)Cn1c(=O)n(-c2ccccc2)c2ncccc21)c1ccc(OC)cc1. The molecule has 0 aliphatic rings. The summed E-state index contributed by atoms with van der Waals surface area (Å²) in [6.45, 7) is 1.92. The van der Waals surface area contributed by atoms with E-state index in [-0.39, 0.29) is 24.2 Å². The fraction of sp³-hybridized carbons (Fsp3) is 0.208. The zero-order valence-corrected chi connectivity index (χ0v) is 17.5. The minimum absolute atomic E-state index is 0.0898. The van der Waals surface area contributed by atoms with Crippen molar-refractivity contribution in [2.45, 2.75) is 25.9 Å². The van der Waals surface area contributed by atoms with E-state index in [1.165, 1.54) is 9.13 Å². The highest BCUT2D eigenvalue weighted by Crippen LogP contribution is 2.20. The first kappa shape index (κ1) is 20.4.